The van der Waals surface area contributed by atoms with Gasteiger partial charge in [-0.3, -0.25) is 19.3 Å². The van der Waals surface area contributed by atoms with Crippen LogP contribution in [0.5, 0.6) is 0 Å². The van der Waals surface area contributed by atoms with Gasteiger partial charge in [0, 0.05) is 19.1 Å². The second-order valence-electron chi connectivity index (χ2n) is 10.5. The number of nitrogens with zero attached hydrogens (tertiary/aromatic N) is 2. The van der Waals surface area contributed by atoms with E-state index in [1.165, 1.54) is 30.6 Å². The summed E-state index contributed by atoms with van der Waals surface area (Å²) >= 11 is 0. The predicted molar refractivity (Wildman–Crippen MR) is 133 cm³/mol. The third-order valence-electron chi connectivity index (χ3n) is 6.67. The Morgan fingerprint density at radius 2 is 1.60 bits per heavy atom. The molecule has 0 bridgehead atoms. The molecule has 2 heterocycles. The molecule has 0 aromatic heterocycles. The Balaban J connectivity index is 0.000000211. The van der Waals surface area contributed by atoms with Gasteiger partial charge in [-0.15, -0.1) is 0 Å². The van der Waals surface area contributed by atoms with Crippen LogP contribution in [0.3, 0.4) is 0 Å². The summed E-state index contributed by atoms with van der Waals surface area (Å²) in [6.45, 7) is 8.76. The smallest absolute Gasteiger partial charge is 0.408 e. The zero-order valence-electron chi connectivity index (χ0n) is 21.5. The lowest BCUT2D eigenvalue weighted by molar-refractivity contribution is -0.136. The van der Waals surface area contributed by atoms with Crippen LogP contribution < -0.4 is 5.32 Å². The zero-order chi connectivity index (χ0) is 25.6. The van der Waals surface area contributed by atoms with Crippen LogP contribution in [0.1, 0.15) is 93.4 Å². The van der Waals surface area contributed by atoms with Crippen molar-refractivity contribution in [3.8, 4) is 0 Å². The van der Waals surface area contributed by atoms with Crippen molar-refractivity contribution in [2.24, 2.45) is 5.92 Å². The lowest BCUT2D eigenvalue weighted by atomic mass is 9.78. The molecule has 1 aromatic rings. The fourth-order valence-electron chi connectivity index (χ4n) is 5.16. The number of rotatable bonds is 4. The Labute approximate surface area is 208 Å². The van der Waals surface area contributed by atoms with Gasteiger partial charge in [0.2, 0.25) is 5.91 Å². The minimum Gasteiger partial charge on any atom is -0.444 e. The van der Waals surface area contributed by atoms with Gasteiger partial charge in [0.25, 0.3) is 11.8 Å². The van der Waals surface area contributed by atoms with Crippen LogP contribution in [0.2, 0.25) is 0 Å². The van der Waals surface area contributed by atoms with Crippen LogP contribution in [-0.2, 0) is 9.53 Å². The number of alkyl carbamates (subject to hydrolysis) is 1. The molecule has 0 spiro atoms. The maximum Gasteiger partial charge on any atom is 0.408 e. The summed E-state index contributed by atoms with van der Waals surface area (Å²) in [7, 11) is 0. The second kappa shape index (κ2) is 11.7. The number of fused-ring (bicyclic) bond motifs is 2. The minimum absolute atomic E-state index is 0.0254. The van der Waals surface area contributed by atoms with Gasteiger partial charge in [0.15, 0.2) is 0 Å². The Kier molecular flexibility index (Phi) is 8.92. The number of imide groups is 1. The maximum absolute atomic E-state index is 12.4. The monoisotopic (exact) mass is 485 g/mol. The van der Waals surface area contributed by atoms with Gasteiger partial charge in [0.1, 0.15) is 12.1 Å². The molecule has 1 aliphatic carbocycles. The van der Waals surface area contributed by atoms with Gasteiger partial charge in [-0.2, -0.15) is 0 Å². The number of nitrogens with one attached hydrogen (secondary N) is 1. The summed E-state index contributed by atoms with van der Waals surface area (Å²) in [5.74, 6) is 0.371. The van der Waals surface area contributed by atoms with Crippen LogP contribution in [0.25, 0.3) is 0 Å². The Morgan fingerprint density at radius 1 is 1.00 bits per heavy atom. The molecule has 4 amide bonds. The second-order valence-corrected chi connectivity index (χ2v) is 10.5. The molecule has 2 unspecified atom stereocenters. The Hall–Kier alpha value is -2.90. The van der Waals surface area contributed by atoms with Crippen LogP contribution in [0.15, 0.2) is 24.3 Å². The number of amides is 4. The van der Waals surface area contributed by atoms with E-state index >= 15 is 0 Å². The van der Waals surface area contributed by atoms with Crippen molar-refractivity contribution < 1.29 is 23.9 Å². The first kappa shape index (κ1) is 26.7. The summed E-state index contributed by atoms with van der Waals surface area (Å²) in [4.78, 5) is 50.7. The van der Waals surface area contributed by atoms with E-state index in [4.69, 9.17) is 4.74 Å². The van der Waals surface area contributed by atoms with Crippen LogP contribution in [0.4, 0.5) is 4.79 Å². The number of piperidine rings is 1. The number of carbonyl (C=O) groups is 4. The highest BCUT2D eigenvalue weighted by Gasteiger charge is 2.36. The Bertz CT molecular complexity index is 902. The molecule has 4 rings (SSSR count). The molecule has 2 atom stereocenters. The van der Waals surface area contributed by atoms with Crippen molar-refractivity contribution in [3.05, 3.63) is 35.4 Å². The number of ether oxygens (including phenoxy) is 1. The summed E-state index contributed by atoms with van der Waals surface area (Å²) in [6.07, 6.45) is 7.47. The molecule has 1 N–H and O–H groups in total. The van der Waals surface area contributed by atoms with Crippen molar-refractivity contribution in [2.75, 3.05) is 19.6 Å². The van der Waals surface area contributed by atoms with Crippen LogP contribution >= 0.6 is 0 Å². The topological polar surface area (TPSA) is 96.0 Å². The maximum atomic E-state index is 12.4. The Morgan fingerprint density at radius 3 is 2.20 bits per heavy atom. The summed E-state index contributed by atoms with van der Waals surface area (Å²) in [5.41, 5.74) is 0.532. The standard InChI is InChI=1S/C16H28N2O3.C11H11NO2/c1-16(2,3)21-15(20)17-11-14(19)18-10-6-8-12-7-4-5-9-13(12)18;1-2-7-12-10(13)8-5-3-4-6-9(8)11(12)14/h12-13H,4-11H2,1-3H3,(H,17,20);3-6H,2,7H2,1H3. The fraction of sp³-hybridized carbons (Fsp3) is 0.630. The van der Waals surface area contributed by atoms with Gasteiger partial charge in [-0.1, -0.05) is 31.9 Å². The zero-order valence-corrected chi connectivity index (χ0v) is 21.5. The van der Waals surface area contributed by atoms with Gasteiger partial charge in [-0.25, -0.2) is 4.79 Å². The van der Waals surface area contributed by atoms with Crippen molar-refractivity contribution in [2.45, 2.75) is 84.3 Å². The molecule has 35 heavy (non-hydrogen) atoms. The number of benzene rings is 1. The van der Waals surface area contributed by atoms with Crippen molar-refractivity contribution in [1.29, 1.82) is 0 Å². The first-order chi connectivity index (χ1) is 16.6. The molecular formula is C27H39N3O5. The third kappa shape index (κ3) is 6.83. The predicted octanol–water partition coefficient (Wildman–Crippen LogP) is 4.38. The average Bonchev–Trinajstić information content (AvgIpc) is 3.07. The quantitative estimate of drug-likeness (QED) is 0.639. The van der Waals surface area contributed by atoms with Crippen LogP contribution in [-0.4, -0.2) is 64.9 Å². The third-order valence-corrected chi connectivity index (χ3v) is 6.67. The van der Waals surface area contributed by atoms with Crippen molar-refractivity contribution >= 4 is 23.8 Å². The molecule has 8 nitrogen and oxygen atoms in total. The SMILES string of the molecule is CC(C)(C)OC(=O)NCC(=O)N1CCCC2CCCCC21.CCCN1C(=O)c2ccccc2C1=O. The fourth-order valence-corrected chi connectivity index (χ4v) is 5.16. The van der Waals surface area contributed by atoms with E-state index < -0.39 is 11.7 Å². The number of hydrogen-bond donors (Lipinski definition) is 1. The molecular weight excluding hydrogens is 446 g/mol. The van der Waals surface area contributed by atoms with E-state index in [0.29, 0.717) is 29.6 Å². The van der Waals surface area contributed by atoms with E-state index in [9.17, 15) is 19.2 Å². The van der Waals surface area contributed by atoms with Crippen molar-refractivity contribution in [1.82, 2.24) is 15.1 Å². The molecule has 2 aliphatic heterocycles. The summed E-state index contributed by atoms with van der Waals surface area (Å²) in [5, 5.41) is 2.58. The minimum atomic E-state index is -0.535. The van der Waals surface area contributed by atoms with E-state index in [1.807, 2.05) is 32.6 Å². The highest BCUT2D eigenvalue weighted by Crippen LogP contribution is 2.35. The summed E-state index contributed by atoms with van der Waals surface area (Å²) < 4.78 is 5.16. The van der Waals surface area contributed by atoms with Crippen LogP contribution in [0, 0.1) is 5.92 Å². The molecule has 8 heteroatoms. The number of carbonyl (C=O) groups excluding carboxylic acids is 4. The molecule has 1 saturated carbocycles. The van der Waals surface area contributed by atoms with Gasteiger partial charge in [-0.05, 0) is 70.9 Å². The lowest BCUT2D eigenvalue weighted by Gasteiger charge is -2.44. The highest BCUT2D eigenvalue weighted by atomic mass is 16.6. The summed E-state index contributed by atoms with van der Waals surface area (Å²) in [6, 6.07) is 7.34. The van der Waals surface area contributed by atoms with Crippen molar-refractivity contribution in [3.63, 3.8) is 0 Å². The normalized spacial score (nSPS) is 21.5. The molecule has 2 fully saturated rings. The highest BCUT2D eigenvalue weighted by molar-refractivity contribution is 6.21. The van der Waals surface area contributed by atoms with E-state index in [0.717, 1.165) is 25.8 Å². The first-order valence-electron chi connectivity index (χ1n) is 12.8. The van der Waals surface area contributed by atoms with E-state index in [1.54, 1.807) is 24.3 Å². The van der Waals surface area contributed by atoms with E-state index in [-0.39, 0.29) is 24.3 Å². The molecule has 192 valence electrons. The first-order valence-corrected chi connectivity index (χ1v) is 12.8. The average molecular weight is 486 g/mol. The molecule has 3 aliphatic rings. The molecule has 1 aromatic carbocycles. The lowest BCUT2D eigenvalue weighted by Crippen LogP contribution is -2.52. The van der Waals surface area contributed by atoms with Gasteiger partial charge in [0.05, 0.1) is 11.1 Å². The van der Waals surface area contributed by atoms with E-state index in [2.05, 4.69) is 5.32 Å². The number of hydrogen-bond acceptors (Lipinski definition) is 5. The van der Waals surface area contributed by atoms with Gasteiger partial charge < -0.3 is 15.0 Å². The van der Waals surface area contributed by atoms with Gasteiger partial charge >= 0.3 is 6.09 Å². The molecule has 0 radical (unpaired) electrons. The molecule has 1 saturated heterocycles. The largest absolute Gasteiger partial charge is 0.444 e. The number of likely N-dealkylation sites (tertiary alicyclic amines) is 1.